The molecule has 3 rings (SSSR count). The van der Waals surface area contributed by atoms with Gasteiger partial charge in [0.2, 0.25) is 11.1 Å². The molecule has 12 heteroatoms. The van der Waals surface area contributed by atoms with Crippen LogP contribution >= 0.6 is 11.8 Å². The maximum Gasteiger partial charge on any atom is 0.293 e. The average molecular weight is 459 g/mol. The van der Waals surface area contributed by atoms with Crippen molar-refractivity contribution in [1.82, 2.24) is 14.9 Å². The van der Waals surface area contributed by atoms with Gasteiger partial charge in [0, 0.05) is 11.6 Å². The van der Waals surface area contributed by atoms with Crippen molar-refractivity contribution in [1.29, 1.82) is 0 Å². The van der Waals surface area contributed by atoms with Crippen LogP contribution in [0, 0.1) is 24.0 Å². The molecule has 32 heavy (non-hydrogen) atoms. The molecule has 11 nitrogen and oxygen atoms in total. The van der Waals surface area contributed by atoms with Crippen LogP contribution in [0.1, 0.15) is 11.1 Å². The van der Waals surface area contributed by atoms with Gasteiger partial charge in [-0.3, -0.25) is 14.9 Å². The number of anilines is 1. The molecule has 2 aromatic carbocycles. The van der Waals surface area contributed by atoms with E-state index in [2.05, 4.69) is 15.5 Å². The van der Waals surface area contributed by atoms with E-state index in [1.54, 1.807) is 38.1 Å². The number of carbonyl (C=O) groups is 1. The molecule has 168 valence electrons. The Morgan fingerprint density at radius 2 is 1.91 bits per heavy atom. The number of nitrogens with two attached hydrogens (primary N) is 1. The fourth-order valence-electron chi connectivity index (χ4n) is 3.11. The van der Waals surface area contributed by atoms with Gasteiger partial charge in [0.05, 0.1) is 24.9 Å². The lowest BCUT2D eigenvalue weighted by Crippen LogP contribution is -2.18. The summed E-state index contributed by atoms with van der Waals surface area (Å²) in [5.74, 6) is 7.07. The lowest BCUT2D eigenvalue weighted by molar-refractivity contribution is -0.384. The lowest BCUT2D eigenvalue weighted by atomic mass is 10.1. The Bertz CT molecular complexity index is 1180. The Hall–Kier alpha value is -3.80. The number of methoxy groups -OCH3 is 2. The van der Waals surface area contributed by atoms with Gasteiger partial charge in [-0.05, 0) is 43.2 Å². The first-order chi connectivity index (χ1) is 15.2. The second-order valence-corrected chi connectivity index (χ2v) is 7.76. The van der Waals surface area contributed by atoms with Gasteiger partial charge in [-0.2, -0.15) is 0 Å². The molecule has 0 saturated heterocycles. The molecule has 0 aliphatic rings. The number of thioether (sulfide) groups is 1. The summed E-state index contributed by atoms with van der Waals surface area (Å²) < 4.78 is 11.8. The number of ether oxygens (including phenoxy) is 2. The highest BCUT2D eigenvalue weighted by Gasteiger charge is 2.20. The van der Waals surface area contributed by atoms with E-state index >= 15 is 0 Å². The smallest absolute Gasteiger partial charge is 0.293 e. The summed E-state index contributed by atoms with van der Waals surface area (Å²) in [6.45, 7) is 3.46. The van der Waals surface area contributed by atoms with Crippen molar-refractivity contribution >= 4 is 29.0 Å². The van der Waals surface area contributed by atoms with Crippen LogP contribution in [0.4, 0.5) is 11.4 Å². The van der Waals surface area contributed by atoms with Crippen LogP contribution in [0.25, 0.3) is 11.4 Å². The normalized spacial score (nSPS) is 10.6. The molecule has 0 spiro atoms. The molecule has 0 fully saturated rings. The van der Waals surface area contributed by atoms with Crippen molar-refractivity contribution in [2.75, 3.05) is 31.1 Å². The third-order valence-electron chi connectivity index (χ3n) is 4.56. The highest BCUT2D eigenvalue weighted by atomic mass is 32.2. The van der Waals surface area contributed by atoms with E-state index in [-0.39, 0.29) is 17.1 Å². The second kappa shape index (κ2) is 9.56. The maximum absolute atomic E-state index is 12.5. The summed E-state index contributed by atoms with van der Waals surface area (Å²) in [5.41, 5.74) is 2.01. The second-order valence-electron chi connectivity index (χ2n) is 6.82. The van der Waals surface area contributed by atoms with Crippen molar-refractivity contribution in [3.8, 4) is 22.9 Å². The Labute approximate surface area is 188 Å². The number of nitrogens with zero attached hydrogens (tertiary/aromatic N) is 4. The van der Waals surface area contributed by atoms with E-state index in [9.17, 15) is 14.9 Å². The van der Waals surface area contributed by atoms with Crippen LogP contribution in [0.2, 0.25) is 0 Å². The van der Waals surface area contributed by atoms with Gasteiger partial charge in [-0.1, -0.05) is 17.8 Å². The monoisotopic (exact) mass is 458 g/mol. The number of benzene rings is 2. The van der Waals surface area contributed by atoms with Gasteiger partial charge in [-0.25, -0.2) is 4.68 Å². The Balaban J connectivity index is 1.74. The minimum absolute atomic E-state index is 0.0638. The zero-order valence-electron chi connectivity index (χ0n) is 17.9. The summed E-state index contributed by atoms with van der Waals surface area (Å²) in [6, 6.07) is 8.38. The zero-order chi connectivity index (χ0) is 23.4. The molecule has 1 heterocycles. The van der Waals surface area contributed by atoms with Crippen LogP contribution in [-0.2, 0) is 4.79 Å². The number of nitro benzene ring substituents is 1. The van der Waals surface area contributed by atoms with Crippen LogP contribution in [0.15, 0.2) is 35.5 Å². The summed E-state index contributed by atoms with van der Waals surface area (Å²) >= 11 is 1.06. The molecule has 0 atom stereocenters. The molecule has 1 amide bonds. The SMILES string of the molecule is COc1ccc(-c2nnc(SCC(=O)Nc3c(C)cc(C)cc3[N+](=O)[O-])n2N)cc1OC. The largest absolute Gasteiger partial charge is 0.493 e. The Morgan fingerprint density at radius 1 is 1.19 bits per heavy atom. The third-order valence-corrected chi connectivity index (χ3v) is 5.50. The molecule has 0 aliphatic carbocycles. The molecule has 0 saturated carbocycles. The standard InChI is InChI=1S/C20H22N6O5S/c1-11-7-12(2)18(14(8-11)26(28)29)22-17(27)10-32-20-24-23-19(25(20)21)13-5-6-15(30-3)16(9-13)31-4/h5-9H,10,21H2,1-4H3,(H,22,27). The molecular weight excluding hydrogens is 436 g/mol. The molecule has 0 aliphatic heterocycles. The van der Waals surface area contributed by atoms with Gasteiger partial charge in [-0.15, -0.1) is 10.2 Å². The van der Waals surface area contributed by atoms with Crippen LogP contribution in [0.3, 0.4) is 0 Å². The molecule has 0 bridgehead atoms. The molecule has 0 unspecified atom stereocenters. The Morgan fingerprint density at radius 3 is 2.56 bits per heavy atom. The van der Waals surface area contributed by atoms with Crippen LogP contribution in [-0.4, -0.2) is 45.7 Å². The highest BCUT2D eigenvalue weighted by Crippen LogP contribution is 2.33. The first-order valence-corrected chi connectivity index (χ1v) is 10.3. The van der Waals surface area contributed by atoms with Gasteiger partial charge < -0.3 is 20.6 Å². The molecule has 3 aromatic rings. The summed E-state index contributed by atoms with van der Waals surface area (Å²) in [5, 5.41) is 22.4. The molecule has 3 N–H and O–H groups in total. The first-order valence-electron chi connectivity index (χ1n) is 9.36. The van der Waals surface area contributed by atoms with E-state index < -0.39 is 10.8 Å². The van der Waals surface area contributed by atoms with Crippen molar-refractivity contribution in [3.05, 3.63) is 51.6 Å². The number of aryl methyl sites for hydroxylation is 2. The van der Waals surface area contributed by atoms with E-state index in [0.29, 0.717) is 33.6 Å². The number of rotatable bonds is 8. The molecular formula is C20H22N6O5S. The van der Waals surface area contributed by atoms with Crippen molar-refractivity contribution in [3.63, 3.8) is 0 Å². The third kappa shape index (κ3) is 4.75. The van der Waals surface area contributed by atoms with Crippen molar-refractivity contribution < 1.29 is 19.2 Å². The van der Waals surface area contributed by atoms with Gasteiger partial charge in [0.25, 0.3) is 5.69 Å². The number of nitrogen functional groups attached to an aromatic ring is 1. The number of amides is 1. The quantitative estimate of drug-likeness (QED) is 0.225. The topological polar surface area (TPSA) is 147 Å². The Kier molecular flexibility index (Phi) is 6.83. The number of nitrogens with one attached hydrogen (secondary N) is 1. The fraction of sp³-hybridized carbons (Fsp3) is 0.250. The first kappa shape index (κ1) is 22.9. The molecule has 0 radical (unpaired) electrons. The van der Waals surface area contributed by atoms with E-state index in [1.807, 2.05) is 0 Å². The highest BCUT2D eigenvalue weighted by molar-refractivity contribution is 7.99. The molecule has 1 aromatic heterocycles. The average Bonchev–Trinajstić information content (AvgIpc) is 3.13. The summed E-state index contributed by atoms with van der Waals surface area (Å²) in [7, 11) is 3.06. The summed E-state index contributed by atoms with van der Waals surface area (Å²) in [4.78, 5) is 23.3. The number of hydrogen-bond donors (Lipinski definition) is 2. The van der Waals surface area contributed by atoms with E-state index in [4.69, 9.17) is 15.3 Å². The van der Waals surface area contributed by atoms with Crippen LogP contribution in [0.5, 0.6) is 11.5 Å². The van der Waals surface area contributed by atoms with E-state index in [0.717, 1.165) is 17.3 Å². The maximum atomic E-state index is 12.5. The minimum Gasteiger partial charge on any atom is -0.493 e. The van der Waals surface area contributed by atoms with Gasteiger partial charge >= 0.3 is 0 Å². The zero-order valence-corrected chi connectivity index (χ0v) is 18.7. The predicted octanol–water partition coefficient (Wildman–Crippen LogP) is 2.93. The number of nitro groups is 1. The van der Waals surface area contributed by atoms with Gasteiger partial charge in [0.15, 0.2) is 17.3 Å². The van der Waals surface area contributed by atoms with Gasteiger partial charge in [0.1, 0.15) is 5.69 Å². The van der Waals surface area contributed by atoms with E-state index in [1.165, 1.54) is 25.0 Å². The number of hydrogen-bond acceptors (Lipinski definition) is 9. The number of aromatic nitrogens is 3. The number of carbonyl (C=O) groups excluding carboxylic acids is 1. The summed E-state index contributed by atoms with van der Waals surface area (Å²) in [6.07, 6.45) is 0. The minimum atomic E-state index is -0.519. The van der Waals surface area contributed by atoms with Crippen molar-refractivity contribution in [2.24, 2.45) is 0 Å². The van der Waals surface area contributed by atoms with Crippen molar-refractivity contribution in [2.45, 2.75) is 19.0 Å². The van der Waals surface area contributed by atoms with Crippen LogP contribution < -0.4 is 20.6 Å². The fourth-order valence-corrected chi connectivity index (χ4v) is 3.76. The predicted molar refractivity (Wildman–Crippen MR) is 121 cm³/mol. The lowest BCUT2D eigenvalue weighted by Gasteiger charge is -2.10.